The first kappa shape index (κ1) is 6.99. The lowest BCUT2D eigenvalue weighted by Crippen LogP contribution is -2.44. The highest BCUT2D eigenvalue weighted by Gasteiger charge is 2.23. The summed E-state index contributed by atoms with van der Waals surface area (Å²) in [6.45, 7) is 0. The van der Waals surface area contributed by atoms with E-state index in [4.69, 9.17) is 16.6 Å². The van der Waals surface area contributed by atoms with Crippen LogP contribution in [-0.4, -0.2) is 23.3 Å². The topological polar surface area (TPSA) is 72.3 Å². The van der Waals surface area contributed by atoms with Crippen LogP contribution in [0.15, 0.2) is 0 Å². The van der Waals surface area contributed by atoms with Crippen molar-refractivity contribution >= 4 is 0 Å². The SMILES string of the molecule is NC1CCC(N)[C@H](O)C1. The second-order valence-electron chi connectivity index (χ2n) is 2.80. The molecule has 0 heterocycles. The van der Waals surface area contributed by atoms with Crippen molar-refractivity contribution in [3.63, 3.8) is 0 Å². The Labute approximate surface area is 55.0 Å². The molecule has 1 aliphatic rings. The van der Waals surface area contributed by atoms with Crippen molar-refractivity contribution in [3.05, 3.63) is 0 Å². The summed E-state index contributed by atoms with van der Waals surface area (Å²) in [5.74, 6) is 0. The first-order chi connectivity index (χ1) is 4.20. The Morgan fingerprint density at radius 2 is 1.89 bits per heavy atom. The molecular formula is C6H14N2O. The van der Waals surface area contributed by atoms with Crippen LogP contribution in [0, 0.1) is 0 Å². The summed E-state index contributed by atoms with van der Waals surface area (Å²) in [7, 11) is 0. The van der Waals surface area contributed by atoms with Gasteiger partial charge in [-0.15, -0.1) is 0 Å². The highest BCUT2D eigenvalue weighted by atomic mass is 16.3. The van der Waals surface area contributed by atoms with Crippen LogP contribution in [-0.2, 0) is 0 Å². The molecule has 1 saturated carbocycles. The summed E-state index contributed by atoms with van der Waals surface area (Å²) >= 11 is 0. The molecule has 3 heteroatoms. The van der Waals surface area contributed by atoms with Gasteiger partial charge in [0.1, 0.15) is 0 Å². The van der Waals surface area contributed by atoms with Gasteiger partial charge in [0, 0.05) is 12.1 Å². The van der Waals surface area contributed by atoms with Gasteiger partial charge in [-0.3, -0.25) is 0 Å². The Morgan fingerprint density at radius 3 is 2.33 bits per heavy atom. The van der Waals surface area contributed by atoms with E-state index in [1.807, 2.05) is 0 Å². The fourth-order valence-electron chi connectivity index (χ4n) is 1.20. The van der Waals surface area contributed by atoms with Gasteiger partial charge in [-0.2, -0.15) is 0 Å². The number of nitrogens with two attached hydrogens (primary N) is 2. The molecule has 0 amide bonds. The van der Waals surface area contributed by atoms with Crippen LogP contribution in [0.3, 0.4) is 0 Å². The van der Waals surface area contributed by atoms with Crippen molar-refractivity contribution in [1.82, 2.24) is 0 Å². The summed E-state index contributed by atoms with van der Waals surface area (Å²) in [6, 6.07) is 0.129. The van der Waals surface area contributed by atoms with Gasteiger partial charge in [-0.1, -0.05) is 0 Å². The fourth-order valence-corrected chi connectivity index (χ4v) is 1.20. The Morgan fingerprint density at radius 1 is 1.22 bits per heavy atom. The van der Waals surface area contributed by atoms with E-state index in [0.717, 1.165) is 12.8 Å². The standard InChI is InChI=1S/C6H14N2O/c7-4-1-2-5(8)6(9)3-4/h4-6,9H,1-3,7-8H2/t4?,5?,6-/m1/s1. The highest BCUT2D eigenvalue weighted by Crippen LogP contribution is 2.15. The van der Waals surface area contributed by atoms with Crippen LogP contribution < -0.4 is 11.5 Å². The van der Waals surface area contributed by atoms with Crippen LogP contribution in [0.4, 0.5) is 0 Å². The smallest absolute Gasteiger partial charge is 0.0705 e. The Balaban J connectivity index is 2.35. The molecule has 0 aliphatic heterocycles. The molecule has 3 nitrogen and oxygen atoms in total. The molecule has 0 aromatic rings. The molecule has 1 fully saturated rings. The Bertz CT molecular complexity index is 97.1. The largest absolute Gasteiger partial charge is 0.391 e. The van der Waals surface area contributed by atoms with E-state index in [0.29, 0.717) is 6.42 Å². The summed E-state index contributed by atoms with van der Waals surface area (Å²) < 4.78 is 0. The number of aliphatic hydroxyl groups excluding tert-OH is 1. The summed E-state index contributed by atoms with van der Waals surface area (Å²) in [5, 5.41) is 9.14. The Kier molecular flexibility index (Phi) is 2.05. The second kappa shape index (κ2) is 2.64. The molecule has 0 aromatic heterocycles. The van der Waals surface area contributed by atoms with Crippen molar-refractivity contribution in [3.8, 4) is 0 Å². The molecule has 0 aromatic carbocycles. The molecule has 2 unspecified atom stereocenters. The van der Waals surface area contributed by atoms with Gasteiger partial charge in [-0.05, 0) is 19.3 Å². The van der Waals surface area contributed by atoms with Gasteiger partial charge in [0.15, 0.2) is 0 Å². The van der Waals surface area contributed by atoms with Gasteiger partial charge in [-0.25, -0.2) is 0 Å². The lowest BCUT2D eigenvalue weighted by Gasteiger charge is -2.28. The zero-order valence-electron chi connectivity index (χ0n) is 5.46. The predicted molar refractivity (Wildman–Crippen MR) is 35.8 cm³/mol. The van der Waals surface area contributed by atoms with E-state index >= 15 is 0 Å². The number of aliphatic hydroxyl groups is 1. The third-order valence-corrected chi connectivity index (χ3v) is 1.91. The summed E-state index contributed by atoms with van der Waals surface area (Å²) in [4.78, 5) is 0. The highest BCUT2D eigenvalue weighted by molar-refractivity contribution is 4.83. The molecule has 0 bridgehead atoms. The third-order valence-electron chi connectivity index (χ3n) is 1.91. The zero-order chi connectivity index (χ0) is 6.85. The van der Waals surface area contributed by atoms with E-state index < -0.39 is 0 Å². The van der Waals surface area contributed by atoms with Gasteiger partial charge < -0.3 is 16.6 Å². The fraction of sp³-hybridized carbons (Fsp3) is 1.00. The quantitative estimate of drug-likeness (QED) is 0.401. The van der Waals surface area contributed by atoms with Crippen LogP contribution in [0.2, 0.25) is 0 Å². The van der Waals surface area contributed by atoms with E-state index in [9.17, 15) is 0 Å². The van der Waals surface area contributed by atoms with Crippen LogP contribution in [0.5, 0.6) is 0 Å². The minimum atomic E-state index is -0.367. The first-order valence-electron chi connectivity index (χ1n) is 3.39. The molecule has 1 aliphatic carbocycles. The number of hydrogen-bond acceptors (Lipinski definition) is 3. The van der Waals surface area contributed by atoms with E-state index in [2.05, 4.69) is 0 Å². The van der Waals surface area contributed by atoms with Crippen LogP contribution >= 0.6 is 0 Å². The minimum Gasteiger partial charge on any atom is -0.391 e. The molecular weight excluding hydrogens is 116 g/mol. The average Bonchev–Trinajstić information content (AvgIpc) is 1.80. The third kappa shape index (κ3) is 1.64. The van der Waals surface area contributed by atoms with Gasteiger partial charge in [0.05, 0.1) is 6.10 Å². The maximum absolute atomic E-state index is 9.14. The van der Waals surface area contributed by atoms with Gasteiger partial charge in [0.25, 0.3) is 0 Å². The van der Waals surface area contributed by atoms with Crippen LogP contribution in [0.1, 0.15) is 19.3 Å². The molecule has 5 N–H and O–H groups in total. The molecule has 9 heavy (non-hydrogen) atoms. The Hall–Kier alpha value is -0.120. The van der Waals surface area contributed by atoms with E-state index in [1.165, 1.54) is 0 Å². The van der Waals surface area contributed by atoms with Crippen molar-refractivity contribution in [2.45, 2.75) is 37.5 Å². The second-order valence-corrected chi connectivity index (χ2v) is 2.80. The molecule has 1 rings (SSSR count). The number of hydrogen-bond donors (Lipinski definition) is 3. The van der Waals surface area contributed by atoms with Gasteiger partial charge >= 0.3 is 0 Å². The molecule has 54 valence electrons. The average molecular weight is 130 g/mol. The van der Waals surface area contributed by atoms with Crippen molar-refractivity contribution < 1.29 is 5.11 Å². The normalized spacial score (nSPS) is 45.0. The minimum absolute atomic E-state index is 0.0372. The lowest BCUT2D eigenvalue weighted by molar-refractivity contribution is 0.0993. The zero-order valence-corrected chi connectivity index (χ0v) is 5.46. The summed E-state index contributed by atoms with van der Waals surface area (Å²) in [5.41, 5.74) is 11.1. The van der Waals surface area contributed by atoms with E-state index in [-0.39, 0.29) is 18.2 Å². The monoisotopic (exact) mass is 130 g/mol. The molecule has 0 spiro atoms. The molecule has 0 radical (unpaired) electrons. The van der Waals surface area contributed by atoms with E-state index in [1.54, 1.807) is 0 Å². The predicted octanol–water partition coefficient (Wildman–Crippen LogP) is -0.814. The van der Waals surface area contributed by atoms with Crippen molar-refractivity contribution in [1.29, 1.82) is 0 Å². The molecule has 3 atom stereocenters. The molecule has 0 saturated heterocycles. The maximum Gasteiger partial charge on any atom is 0.0705 e. The summed E-state index contributed by atoms with van der Waals surface area (Å²) in [6.07, 6.45) is 2.12. The van der Waals surface area contributed by atoms with Crippen molar-refractivity contribution in [2.75, 3.05) is 0 Å². The van der Waals surface area contributed by atoms with Crippen LogP contribution in [0.25, 0.3) is 0 Å². The lowest BCUT2D eigenvalue weighted by atomic mass is 9.90. The van der Waals surface area contributed by atoms with Crippen molar-refractivity contribution in [2.24, 2.45) is 11.5 Å². The number of rotatable bonds is 0. The van der Waals surface area contributed by atoms with Gasteiger partial charge in [0.2, 0.25) is 0 Å². The maximum atomic E-state index is 9.14. The first-order valence-corrected chi connectivity index (χ1v) is 3.39.